The van der Waals surface area contributed by atoms with E-state index in [2.05, 4.69) is 32.7 Å². The number of hydrogen-bond acceptors (Lipinski definition) is 5. The Kier molecular flexibility index (Phi) is 7.31. The third-order valence-corrected chi connectivity index (χ3v) is 6.82. The number of halogens is 2. The molecule has 0 aliphatic carbocycles. The summed E-state index contributed by atoms with van der Waals surface area (Å²) in [5.41, 5.74) is 5.93. The summed E-state index contributed by atoms with van der Waals surface area (Å²) in [6.07, 6.45) is 1.10. The molecule has 2 N–H and O–H groups in total. The number of amides is 1. The minimum Gasteiger partial charge on any atom is -0.462 e. The monoisotopic (exact) mass is 530 g/mol. The van der Waals surface area contributed by atoms with Gasteiger partial charge in [-0.15, -0.1) is 0 Å². The van der Waals surface area contributed by atoms with Gasteiger partial charge in [0.25, 0.3) is 5.91 Å². The fraction of sp³-hybridized carbons (Fsp3) is 0.200. The average Bonchev–Trinajstić information content (AvgIpc) is 3.33. The third kappa shape index (κ3) is 5.49. The maximum atomic E-state index is 14.0. The number of pyridine rings is 1. The van der Waals surface area contributed by atoms with Crippen LogP contribution in [-0.2, 0) is 13.1 Å². The van der Waals surface area contributed by atoms with Crippen molar-refractivity contribution in [2.24, 2.45) is 0 Å². The number of carbonyl (C=O) groups excluding carboxylic acids is 1. The fourth-order valence-corrected chi connectivity index (χ4v) is 4.73. The molecule has 0 bridgehead atoms. The number of nitrogens with zero attached hydrogens (tertiary/aromatic N) is 2. The predicted octanol–water partition coefficient (Wildman–Crippen LogP) is 6.34. The number of aromatic nitrogens is 1. The van der Waals surface area contributed by atoms with Crippen LogP contribution in [0.15, 0.2) is 72.9 Å². The summed E-state index contributed by atoms with van der Waals surface area (Å²) >= 11 is 6.22. The molecule has 4 aromatic rings. The SMILES string of the molecule is Cc1ccc(F)c(Cl)c1C1Nc2ncc(-c3ccc(C(=O)NCc4ccc(CN(C)C)cc4)cc3)cc2O1. The Hall–Kier alpha value is -3.94. The molecule has 2 heterocycles. The van der Waals surface area contributed by atoms with Crippen molar-refractivity contribution in [1.82, 2.24) is 15.2 Å². The Bertz CT molecular complexity index is 1470. The van der Waals surface area contributed by atoms with Crippen molar-refractivity contribution >= 4 is 23.3 Å². The first-order valence-corrected chi connectivity index (χ1v) is 12.6. The lowest BCUT2D eigenvalue weighted by Gasteiger charge is -2.16. The van der Waals surface area contributed by atoms with Crippen molar-refractivity contribution in [2.45, 2.75) is 26.2 Å². The Morgan fingerprint density at radius 3 is 2.47 bits per heavy atom. The van der Waals surface area contributed by atoms with E-state index in [-0.39, 0.29) is 10.9 Å². The Morgan fingerprint density at radius 1 is 1.05 bits per heavy atom. The molecule has 1 aliphatic heterocycles. The lowest BCUT2D eigenvalue weighted by molar-refractivity contribution is 0.0951. The molecule has 6 nitrogen and oxygen atoms in total. The largest absolute Gasteiger partial charge is 0.462 e. The van der Waals surface area contributed by atoms with E-state index in [1.54, 1.807) is 24.4 Å². The van der Waals surface area contributed by atoms with Gasteiger partial charge in [0.05, 0.1) is 5.02 Å². The molecule has 3 aromatic carbocycles. The molecule has 0 fully saturated rings. The molecule has 1 unspecified atom stereocenters. The van der Waals surface area contributed by atoms with Crippen LogP contribution in [0.3, 0.4) is 0 Å². The number of anilines is 1. The molecular formula is C30H28ClFN4O2. The number of rotatable bonds is 7. The number of benzene rings is 3. The lowest BCUT2D eigenvalue weighted by Crippen LogP contribution is -2.22. The summed E-state index contributed by atoms with van der Waals surface area (Å²) in [6, 6.07) is 20.4. The number of nitrogens with one attached hydrogen (secondary N) is 2. The van der Waals surface area contributed by atoms with E-state index < -0.39 is 12.0 Å². The molecule has 0 saturated carbocycles. The molecule has 1 amide bonds. The molecule has 1 aromatic heterocycles. The normalized spacial score (nSPS) is 14.1. The second-order valence-corrected chi connectivity index (χ2v) is 10.00. The molecule has 0 radical (unpaired) electrons. The van der Waals surface area contributed by atoms with Gasteiger partial charge in [-0.05, 0) is 67.5 Å². The van der Waals surface area contributed by atoms with Gasteiger partial charge >= 0.3 is 0 Å². The molecule has 5 rings (SSSR count). The smallest absolute Gasteiger partial charge is 0.251 e. The first-order chi connectivity index (χ1) is 18.3. The second-order valence-electron chi connectivity index (χ2n) is 9.62. The van der Waals surface area contributed by atoms with E-state index in [1.807, 2.05) is 51.4 Å². The van der Waals surface area contributed by atoms with E-state index in [9.17, 15) is 9.18 Å². The van der Waals surface area contributed by atoms with Crippen LogP contribution in [-0.4, -0.2) is 29.9 Å². The summed E-state index contributed by atoms with van der Waals surface area (Å²) in [5.74, 6) is 0.470. The van der Waals surface area contributed by atoms with E-state index in [0.29, 0.717) is 29.2 Å². The Morgan fingerprint density at radius 2 is 1.76 bits per heavy atom. The average molecular weight is 531 g/mol. The van der Waals surface area contributed by atoms with Crippen molar-refractivity contribution < 1.29 is 13.9 Å². The number of fused-ring (bicyclic) bond motifs is 1. The highest BCUT2D eigenvalue weighted by atomic mass is 35.5. The summed E-state index contributed by atoms with van der Waals surface area (Å²) in [4.78, 5) is 19.3. The van der Waals surface area contributed by atoms with Crippen molar-refractivity contribution in [1.29, 1.82) is 0 Å². The quantitative estimate of drug-likeness (QED) is 0.292. The zero-order valence-corrected chi connectivity index (χ0v) is 22.1. The van der Waals surface area contributed by atoms with Crippen LogP contribution in [0.1, 0.15) is 38.8 Å². The molecule has 0 spiro atoms. The molecule has 38 heavy (non-hydrogen) atoms. The zero-order chi connectivity index (χ0) is 26.8. The van der Waals surface area contributed by atoms with Gasteiger partial charge in [-0.3, -0.25) is 4.79 Å². The number of carbonyl (C=O) groups is 1. The number of aryl methyl sites for hydroxylation is 1. The molecular weight excluding hydrogens is 503 g/mol. The van der Waals surface area contributed by atoms with Gasteiger partial charge in [0, 0.05) is 36.0 Å². The highest BCUT2D eigenvalue weighted by molar-refractivity contribution is 6.31. The minimum absolute atomic E-state index is 0.0331. The summed E-state index contributed by atoms with van der Waals surface area (Å²) < 4.78 is 20.1. The van der Waals surface area contributed by atoms with Crippen LogP contribution >= 0.6 is 11.6 Å². The van der Waals surface area contributed by atoms with Gasteiger partial charge in [-0.1, -0.05) is 54.1 Å². The van der Waals surface area contributed by atoms with Gasteiger partial charge in [-0.25, -0.2) is 9.37 Å². The molecule has 0 saturated heterocycles. The maximum Gasteiger partial charge on any atom is 0.251 e. The third-order valence-electron chi connectivity index (χ3n) is 6.43. The van der Waals surface area contributed by atoms with Crippen LogP contribution in [0.25, 0.3) is 11.1 Å². The number of ether oxygens (including phenoxy) is 1. The Balaban J connectivity index is 1.23. The van der Waals surface area contributed by atoms with Crippen LogP contribution in [0.2, 0.25) is 5.02 Å². The maximum absolute atomic E-state index is 14.0. The molecule has 8 heteroatoms. The van der Waals surface area contributed by atoms with Crippen molar-refractivity contribution in [3.8, 4) is 16.9 Å². The fourth-order valence-electron chi connectivity index (χ4n) is 4.42. The number of hydrogen-bond donors (Lipinski definition) is 2. The minimum atomic E-state index is -0.633. The van der Waals surface area contributed by atoms with E-state index in [0.717, 1.165) is 28.8 Å². The van der Waals surface area contributed by atoms with Crippen molar-refractivity contribution in [3.05, 3.63) is 112 Å². The Labute approximate surface area is 226 Å². The van der Waals surface area contributed by atoms with E-state index >= 15 is 0 Å². The molecule has 1 aliphatic rings. The summed E-state index contributed by atoms with van der Waals surface area (Å²) in [7, 11) is 4.07. The topological polar surface area (TPSA) is 66.5 Å². The highest BCUT2D eigenvalue weighted by Crippen LogP contribution is 2.41. The first-order valence-electron chi connectivity index (χ1n) is 12.3. The van der Waals surface area contributed by atoms with Gasteiger partial charge in [0.15, 0.2) is 17.8 Å². The van der Waals surface area contributed by atoms with Gasteiger partial charge in [0.2, 0.25) is 0 Å². The summed E-state index contributed by atoms with van der Waals surface area (Å²) in [6.45, 7) is 3.19. The van der Waals surface area contributed by atoms with Crippen molar-refractivity contribution in [3.63, 3.8) is 0 Å². The molecule has 194 valence electrons. The summed E-state index contributed by atoms with van der Waals surface area (Å²) in [5, 5.41) is 6.17. The van der Waals surface area contributed by atoms with Crippen LogP contribution in [0.5, 0.6) is 5.75 Å². The van der Waals surface area contributed by atoms with Gasteiger partial charge in [-0.2, -0.15) is 0 Å². The predicted molar refractivity (Wildman–Crippen MR) is 148 cm³/mol. The molecule has 1 atom stereocenters. The lowest BCUT2D eigenvalue weighted by atomic mass is 10.0. The van der Waals surface area contributed by atoms with Crippen molar-refractivity contribution in [2.75, 3.05) is 19.4 Å². The van der Waals surface area contributed by atoms with Gasteiger partial charge < -0.3 is 20.3 Å². The van der Waals surface area contributed by atoms with Crippen LogP contribution in [0, 0.1) is 12.7 Å². The van der Waals surface area contributed by atoms with Crippen LogP contribution in [0.4, 0.5) is 10.2 Å². The van der Waals surface area contributed by atoms with Gasteiger partial charge in [0.1, 0.15) is 5.82 Å². The standard InChI is InChI=1S/C30H28ClFN4O2/c1-18-4-13-24(32)27(31)26(18)30-35-28-25(38-30)14-23(16-33-28)21-9-11-22(12-10-21)29(37)34-15-19-5-7-20(8-6-19)17-36(2)3/h4-14,16,30H,15,17H2,1-3H3,(H,33,35)(H,34,37). The van der Waals surface area contributed by atoms with E-state index in [4.69, 9.17) is 16.3 Å². The first kappa shape index (κ1) is 25.7. The second kappa shape index (κ2) is 10.8. The highest BCUT2D eigenvalue weighted by Gasteiger charge is 2.29. The van der Waals surface area contributed by atoms with E-state index in [1.165, 1.54) is 11.6 Å². The van der Waals surface area contributed by atoms with Crippen LogP contribution < -0.4 is 15.4 Å². The zero-order valence-electron chi connectivity index (χ0n) is 21.4.